The molecule has 0 saturated heterocycles. The smallest absolute Gasteiger partial charge is 0.225 e. The van der Waals surface area contributed by atoms with Gasteiger partial charge in [0.05, 0.1) is 0 Å². The van der Waals surface area contributed by atoms with Gasteiger partial charge in [-0.3, -0.25) is 0 Å². The summed E-state index contributed by atoms with van der Waals surface area (Å²) >= 11 is 0. The van der Waals surface area contributed by atoms with Crippen LogP contribution < -0.4 is 5.73 Å². The van der Waals surface area contributed by atoms with E-state index in [4.69, 9.17) is 11.0 Å². The summed E-state index contributed by atoms with van der Waals surface area (Å²) in [6.07, 6.45) is 5.12. The first-order valence-electron chi connectivity index (χ1n) is 4.99. The monoisotopic (exact) mass is 214 g/mol. The highest BCUT2D eigenvalue weighted by Gasteiger charge is 2.35. The van der Waals surface area contributed by atoms with Crippen molar-refractivity contribution in [1.82, 2.24) is 0 Å². The molecule has 1 aromatic carbocycles. The van der Waals surface area contributed by atoms with E-state index in [0.717, 1.165) is 0 Å². The Balaban J connectivity index is 2.51. The molecule has 1 atom stereocenters. The molecule has 2 rings (SSSR count). The number of hydrogen-bond acceptors (Lipinski definition) is 2. The molecule has 0 fully saturated rings. The van der Waals surface area contributed by atoms with Crippen molar-refractivity contribution in [3.05, 3.63) is 48.1 Å². The molecule has 0 amide bonds. The predicted octanol–water partition coefficient (Wildman–Crippen LogP) is 2.84. The Morgan fingerprint density at radius 2 is 2.25 bits per heavy atom. The molecular weight excluding hydrogens is 203 g/mol. The fourth-order valence-corrected chi connectivity index (χ4v) is 1.77. The van der Waals surface area contributed by atoms with Gasteiger partial charge in [0.15, 0.2) is 0 Å². The Hall–Kier alpha value is -2.08. The number of anilines is 1. The van der Waals surface area contributed by atoms with Gasteiger partial charge >= 0.3 is 0 Å². The van der Waals surface area contributed by atoms with E-state index in [1.165, 1.54) is 0 Å². The first-order chi connectivity index (χ1) is 7.65. The highest BCUT2D eigenvalue weighted by Crippen LogP contribution is 2.36. The zero-order valence-corrected chi connectivity index (χ0v) is 8.65. The summed E-state index contributed by atoms with van der Waals surface area (Å²) in [6.45, 7) is 0. The second-order valence-electron chi connectivity index (χ2n) is 3.75. The second kappa shape index (κ2) is 3.82. The largest absolute Gasteiger partial charge is 0.399 e. The maximum atomic E-state index is 14.3. The highest BCUT2D eigenvalue weighted by atomic mass is 19.1. The van der Waals surface area contributed by atoms with Gasteiger partial charge in [-0.25, -0.2) is 4.39 Å². The number of rotatable bonds is 1. The second-order valence-corrected chi connectivity index (χ2v) is 3.75. The van der Waals surface area contributed by atoms with E-state index in [1.807, 2.05) is 0 Å². The molecule has 2 nitrogen and oxygen atoms in total. The Morgan fingerprint density at radius 1 is 1.44 bits per heavy atom. The third-order valence-corrected chi connectivity index (χ3v) is 2.60. The number of halogens is 1. The number of nitriles is 1. The summed E-state index contributed by atoms with van der Waals surface area (Å²) < 4.78 is 14.3. The third kappa shape index (κ3) is 1.70. The maximum absolute atomic E-state index is 14.3. The first-order valence-corrected chi connectivity index (χ1v) is 4.99. The van der Waals surface area contributed by atoms with Crippen LogP contribution in [-0.4, -0.2) is 5.67 Å². The van der Waals surface area contributed by atoms with Gasteiger partial charge < -0.3 is 5.73 Å². The Morgan fingerprint density at radius 3 is 2.94 bits per heavy atom. The topological polar surface area (TPSA) is 49.8 Å². The van der Waals surface area contributed by atoms with Crippen LogP contribution >= 0.6 is 0 Å². The fourth-order valence-electron chi connectivity index (χ4n) is 1.77. The molecule has 0 saturated carbocycles. The lowest BCUT2D eigenvalue weighted by atomic mass is 9.85. The summed E-state index contributed by atoms with van der Waals surface area (Å²) in [7, 11) is 0. The molecule has 0 heterocycles. The van der Waals surface area contributed by atoms with Crippen LogP contribution in [0.1, 0.15) is 12.0 Å². The number of allylic oxidation sites excluding steroid dienone is 4. The zero-order valence-electron chi connectivity index (χ0n) is 8.65. The van der Waals surface area contributed by atoms with Gasteiger partial charge in [-0.05, 0) is 17.7 Å². The number of alkyl halides is 1. The molecule has 80 valence electrons. The normalized spacial score (nSPS) is 23.6. The van der Waals surface area contributed by atoms with E-state index in [9.17, 15) is 4.39 Å². The van der Waals surface area contributed by atoms with Crippen molar-refractivity contribution in [3.63, 3.8) is 0 Å². The van der Waals surface area contributed by atoms with Gasteiger partial charge in [0.1, 0.15) is 6.07 Å². The van der Waals surface area contributed by atoms with Crippen LogP contribution in [0.5, 0.6) is 0 Å². The molecule has 0 bridgehead atoms. The van der Waals surface area contributed by atoms with Crippen LogP contribution in [0.2, 0.25) is 0 Å². The molecule has 2 N–H and O–H groups in total. The van der Waals surface area contributed by atoms with E-state index >= 15 is 0 Å². The molecule has 0 spiro atoms. The van der Waals surface area contributed by atoms with Crippen LogP contribution in [-0.2, 0) is 0 Å². The third-order valence-electron chi connectivity index (χ3n) is 2.60. The molecule has 0 aromatic heterocycles. The number of nitrogens with zero attached hydrogens (tertiary/aromatic N) is 1. The zero-order chi connectivity index (χ0) is 11.6. The van der Waals surface area contributed by atoms with Crippen LogP contribution in [0.4, 0.5) is 10.1 Å². The Bertz CT molecular complexity index is 511. The van der Waals surface area contributed by atoms with Gasteiger partial charge in [0, 0.05) is 17.7 Å². The molecule has 16 heavy (non-hydrogen) atoms. The minimum Gasteiger partial charge on any atom is -0.399 e. The number of benzene rings is 1. The molecule has 3 heteroatoms. The van der Waals surface area contributed by atoms with E-state index in [1.54, 1.807) is 48.6 Å². The van der Waals surface area contributed by atoms with E-state index in [2.05, 4.69) is 0 Å². The lowest BCUT2D eigenvalue weighted by Gasteiger charge is -2.22. The van der Waals surface area contributed by atoms with E-state index < -0.39 is 5.67 Å². The highest BCUT2D eigenvalue weighted by molar-refractivity contribution is 5.78. The SMILES string of the molecule is N#CC1(F)CC=CC=C1c1cccc(N)c1. The summed E-state index contributed by atoms with van der Waals surface area (Å²) in [6, 6.07) is 8.64. The van der Waals surface area contributed by atoms with E-state index in [-0.39, 0.29) is 6.42 Å². The Kier molecular flexibility index (Phi) is 2.49. The van der Waals surface area contributed by atoms with Gasteiger partial charge in [0.25, 0.3) is 0 Å². The van der Waals surface area contributed by atoms with Crippen molar-refractivity contribution in [2.75, 3.05) is 5.73 Å². The molecule has 1 aliphatic rings. The Labute approximate surface area is 93.5 Å². The van der Waals surface area contributed by atoms with Crippen molar-refractivity contribution >= 4 is 11.3 Å². The summed E-state index contributed by atoms with van der Waals surface area (Å²) in [4.78, 5) is 0. The van der Waals surface area contributed by atoms with Gasteiger partial charge in [-0.2, -0.15) is 5.26 Å². The van der Waals surface area contributed by atoms with Crippen molar-refractivity contribution in [1.29, 1.82) is 5.26 Å². The number of hydrogen-bond donors (Lipinski definition) is 1. The quantitative estimate of drug-likeness (QED) is 0.731. The van der Waals surface area contributed by atoms with E-state index in [0.29, 0.717) is 16.8 Å². The molecule has 0 aliphatic heterocycles. The van der Waals surface area contributed by atoms with Crippen molar-refractivity contribution in [3.8, 4) is 6.07 Å². The average molecular weight is 214 g/mol. The fraction of sp³-hybridized carbons (Fsp3) is 0.154. The van der Waals surface area contributed by atoms with Crippen molar-refractivity contribution in [2.45, 2.75) is 12.1 Å². The molecule has 0 radical (unpaired) electrons. The van der Waals surface area contributed by atoms with Crippen molar-refractivity contribution < 1.29 is 4.39 Å². The summed E-state index contributed by atoms with van der Waals surface area (Å²) in [5.41, 5.74) is 5.31. The standard InChI is InChI=1S/C13H11FN2/c14-13(9-15)7-2-1-6-12(13)10-4-3-5-11(16)8-10/h1-6,8H,7,16H2. The minimum absolute atomic E-state index is 0.0874. The number of nitrogens with two attached hydrogens (primary N) is 1. The van der Waals surface area contributed by atoms with Crippen LogP contribution in [0.15, 0.2) is 42.5 Å². The lowest BCUT2D eigenvalue weighted by Crippen LogP contribution is -2.23. The molecule has 1 unspecified atom stereocenters. The van der Waals surface area contributed by atoms with Crippen LogP contribution in [0, 0.1) is 11.3 Å². The molecule has 1 aliphatic carbocycles. The van der Waals surface area contributed by atoms with Crippen LogP contribution in [0.25, 0.3) is 5.57 Å². The van der Waals surface area contributed by atoms with Crippen molar-refractivity contribution in [2.24, 2.45) is 0 Å². The van der Waals surface area contributed by atoms with Gasteiger partial charge in [-0.1, -0.05) is 30.4 Å². The number of nitrogen functional groups attached to an aromatic ring is 1. The van der Waals surface area contributed by atoms with Gasteiger partial charge in [0.2, 0.25) is 5.67 Å². The summed E-state index contributed by atoms with van der Waals surface area (Å²) in [5, 5.41) is 8.92. The first kappa shape index (κ1) is 10.4. The predicted molar refractivity (Wildman–Crippen MR) is 62.0 cm³/mol. The minimum atomic E-state index is -1.94. The maximum Gasteiger partial charge on any atom is 0.225 e. The summed E-state index contributed by atoms with van der Waals surface area (Å²) in [5.74, 6) is 0. The molecular formula is C13H11FN2. The van der Waals surface area contributed by atoms with Gasteiger partial charge in [-0.15, -0.1) is 0 Å². The molecule has 1 aromatic rings. The van der Waals surface area contributed by atoms with Crippen LogP contribution in [0.3, 0.4) is 0 Å². The average Bonchev–Trinajstić information content (AvgIpc) is 2.29. The lowest BCUT2D eigenvalue weighted by molar-refractivity contribution is 0.323.